The minimum absolute atomic E-state index is 0.458. The van der Waals surface area contributed by atoms with Crippen LogP contribution in [0, 0.1) is 0 Å². The zero-order valence-corrected chi connectivity index (χ0v) is 13.8. The molecule has 2 heterocycles. The summed E-state index contributed by atoms with van der Waals surface area (Å²) in [6, 6.07) is 16.3. The van der Waals surface area contributed by atoms with E-state index in [1.807, 2.05) is 63.2 Å². The van der Waals surface area contributed by atoms with E-state index in [4.69, 9.17) is 5.73 Å². The molecule has 0 aliphatic carbocycles. The van der Waals surface area contributed by atoms with Crippen molar-refractivity contribution in [2.75, 3.05) is 10.1 Å². The van der Waals surface area contributed by atoms with Crippen molar-refractivity contribution in [2.24, 2.45) is 0 Å². The lowest BCUT2D eigenvalue weighted by Crippen LogP contribution is -2.23. The maximum Gasteiger partial charge on any atom is 0.221 e. The SMILES string of the molecule is C=C(c1ccccc1)c1ccc2nc(N)n(N3C=CC=CS3)c2c1. The Labute approximate surface area is 144 Å². The molecule has 118 valence electrons. The van der Waals surface area contributed by atoms with Gasteiger partial charge in [-0.3, -0.25) is 0 Å². The highest BCUT2D eigenvalue weighted by Crippen LogP contribution is 2.28. The fourth-order valence-electron chi connectivity index (χ4n) is 2.70. The minimum Gasteiger partial charge on any atom is -0.368 e. The predicted molar refractivity (Wildman–Crippen MR) is 103 cm³/mol. The molecule has 0 unspecified atom stereocenters. The van der Waals surface area contributed by atoms with E-state index in [0.717, 1.165) is 27.7 Å². The first-order valence-electron chi connectivity index (χ1n) is 7.56. The predicted octanol–water partition coefficient (Wildman–Crippen LogP) is 4.31. The van der Waals surface area contributed by atoms with Crippen molar-refractivity contribution in [3.05, 3.63) is 90.0 Å². The number of nitrogens with zero attached hydrogens (tertiary/aromatic N) is 3. The second kappa shape index (κ2) is 5.94. The van der Waals surface area contributed by atoms with Gasteiger partial charge in [0.2, 0.25) is 5.95 Å². The summed E-state index contributed by atoms with van der Waals surface area (Å²) in [5.74, 6) is 0.458. The molecule has 2 aromatic carbocycles. The summed E-state index contributed by atoms with van der Waals surface area (Å²) in [4.78, 5) is 4.46. The third-order valence-electron chi connectivity index (χ3n) is 3.90. The second-order valence-electron chi connectivity index (χ2n) is 5.41. The summed E-state index contributed by atoms with van der Waals surface area (Å²) < 4.78 is 3.86. The van der Waals surface area contributed by atoms with E-state index in [0.29, 0.717) is 5.95 Å². The molecule has 0 amide bonds. The van der Waals surface area contributed by atoms with Crippen molar-refractivity contribution in [1.82, 2.24) is 9.66 Å². The quantitative estimate of drug-likeness (QED) is 0.726. The molecule has 0 atom stereocenters. The molecule has 0 bridgehead atoms. The van der Waals surface area contributed by atoms with E-state index >= 15 is 0 Å². The van der Waals surface area contributed by atoms with Gasteiger partial charge in [-0.15, -0.1) is 0 Å². The monoisotopic (exact) mass is 332 g/mol. The van der Waals surface area contributed by atoms with Crippen molar-refractivity contribution in [3.63, 3.8) is 0 Å². The lowest BCUT2D eigenvalue weighted by Gasteiger charge is -2.21. The number of rotatable bonds is 3. The van der Waals surface area contributed by atoms with Crippen molar-refractivity contribution in [1.29, 1.82) is 0 Å². The van der Waals surface area contributed by atoms with Crippen LogP contribution in [0.1, 0.15) is 11.1 Å². The van der Waals surface area contributed by atoms with Gasteiger partial charge in [0.15, 0.2) is 0 Å². The molecule has 0 saturated carbocycles. The van der Waals surface area contributed by atoms with Gasteiger partial charge >= 0.3 is 0 Å². The first-order valence-corrected chi connectivity index (χ1v) is 8.40. The third kappa shape index (κ3) is 2.49. The van der Waals surface area contributed by atoms with E-state index < -0.39 is 0 Å². The standard InChI is InChI=1S/C19H16N4S/c1-14(15-7-3-2-4-8-15)16-9-10-17-18(13-16)23(19(20)21-17)22-11-5-6-12-24-22/h2-13H,1H2,(H2,20,21). The van der Waals surface area contributed by atoms with Gasteiger partial charge in [-0.2, -0.15) is 0 Å². The Kier molecular flexibility index (Phi) is 3.63. The van der Waals surface area contributed by atoms with Gasteiger partial charge in [-0.25, -0.2) is 14.1 Å². The van der Waals surface area contributed by atoms with Crippen LogP contribution < -0.4 is 10.1 Å². The average Bonchev–Trinajstić information content (AvgIpc) is 2.97. The first kappa shape index (κ1) is 14.7. The molecule has 24 heavy (non-hydrogen) atoms. The number of anilines is 1. The zero-order chi connectivity index (χ0) is 16.5. The average molecular weight is 332 g/mol. The lowest BCUT2D eigenvalue weighted by molar-refractivity contribution is 0.915. The Hall–Kier alpha value is -2.92. The maximum absolute atomic E-state index is 6.14. The minimum atomic E-state index is 0.458. The van der Waals surface area contributed by atoms with Crippen LogP contribution >= 0.6 is 11.9 Å². The molecule has 1 aliphatic rings. The Morgan fingerprint density at radius 2 is 1.88 bits per heavy atom. The van der Waals surface area contributed by atoms with Crippen LogP contribution in [0.15, 0.2) is 78.9 Å². The number of benzene rings is 2. The summed E-state index contributed by atoms with van der Waals surface area (Å²) in [6.07, 6.45) is 5.91. The van der Waals surface area contributed by atoms with Gasteiger partial charge in [-0.1, -0.05) is 49.1 Å². The fourth-order valence-corrected chi connectivity index (χ4v) is 3.39. The number of hydrogen-bond donors (Lipinski definition) is 1. The summed E-state index contributed by atoms with van der Waals surface area (Å²) in [5.41, 5.74) is 11.1. The van der Waals surface area contributed by atoms with Crippen molar-refractivity contribution in [2.45, 2.75) is 0 Å². The number of imidazole rings is 1. The molecular weight excluding hydrogens is 316 g/mol. The number of nitrogens with two attached hydrogens (primary N) is 1. The number of hydrogen-bond acceptors (Lipinski definition) is 4. The Balaban J connectivity index is 1.81. The highest BCUT2D eigenvalue weighted by molar-refractivity contribution is 8.03. The summed E-state index contributed by atoms with van der Waals surface area (Å²) in [5, 5.41) is 2.00. The number of allylic oxidation sites excluding steroid dienone is 2. The third-order valence-corrected chi connectivity index (χ3v) is 4.68. The molecule has 3 aromatic rings. The molecule has 5 heteroatoms. The molecule has 4 nitrogen and oxygen atoms in total. The molecular formula is C19H16N4S. The number of nitrogen functional groups attached to an aromatic ring is 1. The van der Waals surface area contributed by atoms with Gasteiger partial charge in [0, 0.05) is 18.1 Å². The molecule has 0 saturated heterocycles. The Morgan fingerprint density at radius 3 is 2.62 bits per heavy atom. The van der Waals surface area contributed by atoms with Gasteiger partial charge in [-0.05, 0) is 40.3 Å². The topological polar surface area (TPSA) is 47.1 Å². The van der Waals surface area contributed by atoms with Gasteiger partial charge < -0.3 is 5.73 Å². The Bertz CT molecular complexity index is 970. The smallest absolute Gasteiger partial charge is 0.221 e. The van der Waals surface area contributed by atoms with Crippen molar-refractivity contribution >= 4 is 34.5 Å². The van der Waals surface area contributed by atoms with E-state index in [1.165, 1.54) is 0 Å². The zero-order valence-electron chi connectivity index (χ0n) is 13.0. The van der Waals surface area contributed by atoms with Gasteiger partial charge in [0.05, 0.1) is 11.0 Å². The van der Waals surface area contributed by atoms with Crippen LogP contribution in [0.25, 0.3) is 16.6 Å². The maximum atomic E-state index is 6.14. The van der Waals surface area contributed by atoms with Crippen molar-refractivity contribution < 1.29 is 0 Å². The number of aromatic nitrogens is 2. The fraction of sp³-hybridized carbons (Fsp3) is 0. The van der Waals surface area contributed by atoms with E-state index in [2.05, 4.69) is 29.8 Å². The molecule has 0 spiro atoms. The highest BCUT2D eigenvalue weighted by Gasteiger charge is 2.15. The summed E-state index contributed by atoms with van der Waals surface area (Å²) >= 11 is 1.55. The van der Waals surface area contributed by atoms with Crippen molar-refractivity contribution in [3.8, 4) is 0 Å². The van der Waals surface area contributed by atoms with E-state index in [9.17, 15) is 0 Å². The molecule has 2 N–H and O–H groups in total. The number of fused-ring (bicyclic) bond motifs is 1. The first-order chi connectivity index (χ1) is 11.7. The molecule has 0 radical (unpaired) electrons. The summed E-state index contributed by atoms with van der Waals surface area (Å²) in [6.45, 7) is 4.25. The second-order valence-corrected chi connectivity index (χ2v) is 6.26. The molecule has 1 aliphatic heterocycles. The normalized spacial score (nSPS) is 13.6. The van der Waals surface area contributed by atoms with Crippen LogP contribution in [0.2, 0.25) is 0 Å². The summed E-state index contributed by atoms with van der Waals surface area (Å²) in [7, 11) is 0. The van der Waals surface area contributed by atoms with Crippen LogP contribution in [-0.2, 0) is 0 Å². The van der Waals surface area contributed by atoms with Crippen LogP contribution in [0.4, 0.5) is 5.95 Å². The Morgan fingerprint density at radius 1 is 1.04 bits per heavy atom. The molecule has 0 fully saturated rings. The van der Waals surface area contributed by atoms with Crippen LogP contribution in [0.3, 0.4) is 0 Å². The lowest BCUT2D eigenvalue weighted by atomic mass is 9.99. The molecule has 4 rings (SSSR count). The van der Waals surface area contributed by atoms with Gasteiger partial charge in [0.25, 0.3) is 0 Å². The van der Waals surface area contributed by atoms with Gasteiger partial charge in [0.1, 0.15) is 0 Å². The van der Waals surface area contributed by atoms with E-state index in [-0.39, 0.29) is 0 Å². The van der Waals surface area contributed by atoms with E-state index in [1.54, 1.807) is 11.9 Å². The largest absolute Gasteiger partial charge is 0.368 e. The highest BCUT2D eigenvalue weighted by atomic mass is 32.2. The van der Waals surface area contributed by atoms with Crippen LogP contribution in [-0.4, -0.2) is 9.66 Å². The van der Waals surface area contributed by atoms with Crippen LogP contribution in [0.5, 0.6) is 0 Å². The molecule has 1 aromatic heterocycles.